The first-order chi connectivity index (χ1) is 9.65. The van der Waals surface area contributed by atoms with Crippen molar-refractivity contribution in [3.63, 3.8) is 0 Å². The number of anilines is 1. The summed E-state index contributed by atoms with van der Waals surface area (Å²) in [7, 11) is 0. The number of nitrogens with zero attached hydrogens (tertiary/aromatic N) is 1. The molecule has 1 heterocycles. The van der Waals surface area contributed by atoms with Crippen LogP contribution in [0.15, 0.2) is 33.5 Å². The molecule has 0 saturated heterocycles. The van der Waals surface area contributed by atoms with Gasteiger partial charge in [0.25, 0.3) is 0 Å². The fourth-order valence-electron chi connectivity index (χ4n) is 2.17. The molecule has 0 aliphatic rings. The molecule has 3 nitrogen and oxygen atoms in total. The molecule has 0 aliphatic carbocycles. The second-order valence-electron chi connectivity index (χ2n) is 4.60. The lowest BCUT2D eigenvalue weighted by Crippen LogP contribution is -2.25. The second kappa shape index (κ2) is 6.25. The zero-order valence-corrected chi connectivity index (χ0v) is 11.4. The highest BCUT2D eigenvalue weighted by Gasteiger charge is 2.08. The number of alkyl halides is 1. The molecular formula is C16H16FNO2. The number of halogens is 1. The maximum absolute atomic E-state index is 12.3. The van der Waals surface area contributed by atoms with Crippen LogP contribution in [0.25, 0.3) is 11.0 Å². The van der Waals surface area contributed by atoms with Crippen molar-refractivity contribution in [1.82, 2.24) is 0 Å². The van der Waals surface area contributed by atoms with E-state index in [9.17, 15) is 9.18 Å². The van der Waals surface area contributed by atoms with Gasteiger partial charge in [-0.3, -0.25) is 4.39 Å². The average molecular weight is 273 g/mol. The molecule has 0 atom stereocenters. The zero-order chi connectivity index (χ0) is 14.5. The molecule has 0 radical (unpaired) electrons. The monoisotopic (exact) mass is 273 g/mol. The van der Waals surface area contributed by atoms with Crippen LogP contribution in [0.4, 0.5) is 10.1 Å². The van der Waals surface area contributed by atoms with E-state index in [1.807, 2.05) is 24.0 Å². The van der Waals surface area contributed by atoms with E-state index in [4.69, 9.17) is 10.8 Å². The number of hydrogen-bond acceptors (Lipinski definition) is 3. The normalized spacial score (nSPS) is 10.4. The predicted molar refractivity (Wildman–Crippen MR) is 78.9 cm³/mol. The van der Waals surface area contributed by atoms with Gasteiger partial charge in [-0.2, -0.15) is 0 Å². The second-order valence-corrected chi connectivity index (χ2v) is 4.60. The van der Waals surface area contributed by atoms with Crippen molar-refractivity contribution in [3.05, 3.63) is 40.2 Å². The number of fused-ring (bicyclic) bond motifs is 1. The van der Waals surface area contributed by atoms with Gasteiger partial charge in [-0.25, -0.2) is 4.79 Å². The summed E-state index contributed by atoms with van der Waals surface area (Å²) < 4.78 is 17.5. The Balaban J connectivity index is 2.43. The highest BCUT2D eigenvalue weighted by atomic mass is 19.1. The summed E-state index contributed by atoms with van der Waals surface area (Å²) in [6.45, 7) is 2.40. The molecule has 0 fully saturated rings. The standard InChI is InChI=1S/C16H16FNO2/c1-3-8-18(9-4-7-17)13-5-6-14-12(2)10-16(19)20-15(14)11-13/h1,5-6,10-11H,4,7-9H2,2H3. The molecule has 0 saturated carbocycles. The number of benzene rings is 1. The lowest BCUT2D eigenvalue weighted by atomic mass is 10.1. The summed E-state index contributed by atoms with van der Waals surface area (Å²) in [6.07, 6.45) is 5.75. The molecule has 0 unspecified atom stereocenters. The Morgan fingerprint density at radius 3 is 2.90 bits per heavy atom. The fraction of sp³-hybridized carbons (Fsp3) is 0.312. The zero-order valence-electron chi connectivity index (χ0n) is 11.4. The van der Waals surface area contributed by atoms with Gasteiger partial charge in [-0.1, -0.05) is 5.92 Å². The highest BCUT2D eigenvalue weighted by molar-refractivity contribution is 5.83. The maximum Gasteiger partial charge on any atom is 0.336 e. The van der Waals surface area contributed by atoms with Gasteiger partial charge >= 0.3 is 5.63 Å². The largest absolute Gasteiger partial charge is 0.423 e. The van der Waals surface area contributed by atoms with Gasteiger partial charge < -0.3 is 9.32 Å². The molecular weight excluding hydrogens is 257 g/mol. The number of aryl methyl sites for hydroxylation is 1. The first-order valence-electron chi connectivity index (χ1n) is 6.44. The van der Waals surface area contributed by atoms with E-state index in [1.54, 1.807) is 6.07 Å². The first-order valence-corrected chi connectivity index (χ1v) is 6.44. The van der Waals surface area contributed by atoms with Crippen molar-refractivity contribution >= 4 is 16.7 Å². The van der Waals surface area contributed by atoms with Gasteiger partial charge in [0.15, 0.2) is 0 Å². The van der Waals surface area contributed by atoms with Crippen LogP contribution in [0.3, 0.4) is 0 Å². The predicted octanol–water partition coefficient (Wildman–Crippen LogP) is 2.90. The number of rotatable bonds is 5. The van der Waals surface area contributed by atoms with Crippen molar-refractivity contribution in [1.29, 1.82) is 0 Å². The van der Waals surface area contributed by atoms with Crippen molar-refractivity contribution in [2.75, 3.05) is 24.7 Å². The third-order valence-corrected chi connectivity index (χ3v) is 3.14. The van der Waals surface area contributed by atoms with Gasteiger partial charge in [-0.15, -0.1) is 6.42 Å². The molecule has 1 aromatic heterocycles. The molecule has 4 heteroatoms. The molecule has 2 rings (SSSR count). The smallest absolute Gasteiger partial charge is 0.336 e. The first kappa shape index (κ1) is 14.1. The van der Waals surface area contributed by atoms with E-state index < -0.39 is 0 Å². The molecule has 0 amide bonds. The molecule has 20 heavy (non-hydrogen) atoms. The minimum Gasteiger partial charge on any atom is -0.423 e. The Hall–Kier alpha value is -2.28. The van der Waals surface area contributed by atoms with Crippen LogP contribution in [0.5, 0.6) is 0 Å². The molecule has 0 aliphatic heterocycles. The van der Waals surface area contributed by atoms with E-state index in [2.05, 4.69) is 5.92 Å². The van der Waals surface area contributed by atoms with Crippen LogP contribution < -0.4 is 10.5 Å². The highest BCUT2D eigenvalue weighted by Crippen LogP contribution is 2.23. The van der Waals surface area contributed by atoms with E-state index in [0.29, 0.717) is 25.1 Å². The van der Waals surface area contributed by atoms with Gasteiger partial charge in [-0.05, 0) is 31.0 Å². The van der Waals surface area contributed by atoms with Gasteiger partial charge in [0.2, 0.25) is 0 Å². The summed E-state index contributed by atoms with van der Waals surface area (Å²) in [6, 6.07) is 7.04. The summed E-state index contributed by atoms with van der Waals surface area (Å²) in [5, 5.41) is 0.888. The summed E-state index contributed by atoms with van der Waals surface area (Å²) in [4.78, 5) is 13.3. The third kappa shape index (κ3) is 3.00. The Labute approximate surface area is 117 Å². The summed E-state index contributed by atoms with van der Waals surface area (Å²) in [5.74, 6) is 2.56. The molecule has 0 bridgehead atoms. The molecule has 0 N–H and O–H groups in total. The maximum atomic E-state index is 12.3. The molecule has 1 aromatic carbocycles. The van der Waals surface area contributed by atoms with E-state index in [1.165, 1.54) is 6.07 Å². The average Bonchev–Trinajstić information content (AvgIpc) is 2.42. The topological polar surface area (TPSA) is 33.5 Å². The van der Waals surface area contributed by atoms with Crippen molar-refractivity contribution in [2.45, 2.75) is 13.3 Å². The van der Waals surface area contributed by atoms with Gasteiger partial charge in [0.05, 0.1) is 13.2 Å². The SMILES string of the molecule is C#CCN(CCCF)c1ccc2c(C)cc(=O)oc2c1. The van der Waals surface area contributed by atoms with Gasteiger partial charge in [0, 0.05) is 29.8 Å². The van der Waals surface area contributed by atoms with Crippen LogP contribution in [-0.2, 0) is 0 Å². The number of terminal acetylenes is 1. The van der Waals surface area contributed by atoms with Crippen LogP contribution in [-0.4, -0.2) is 19.8 Å². The summed E-state index contributed by atoms with van der Waals surface area (Å²) >= 11 is 0. The molecule has 0 spiro atoms. The van der Waals surface area contributed by atoms with E-state index in [0.717, 1.165) is 16.6 Å². The van der Waals surface area contributed by atoms with E-state index >= 15 is 0 Å². The Kier molecular flexibility index (Phi) is 4.41. The van der Waals surface area contributed by atoms with Crippen LogP contribution in [0, 0.1) is 19.3 Å². The minimum absolute atomic E-state index is 0.376. The lowest BCUT2D eigenvalue weighted by molar-refractivity contribution is 0.473. The number of hydrogen-bond donors (Lipinski definition) is 0. The van der Waals surface area contributed by atoms with Crippen LogP contribution >= 0.6 is 0 Å². The lowest BCUT2D eigenvalue weighted by Gasteiger charge is -2.22. The molecule has 104 valence electrons. The van der Waals surface area contributed by atoms with Gasteiger partial charge in [0.1, 0.15) is 5.58 Å². The van der Waals surface area contributed by atoms with E-state index in [-0.39, 0.29) is 12.3 Å². The molecule has 2 aromatic rings. The van der Waals surface area contributed by atoms with Crippen LogP contribution in [0.2, 0.25) is 0 Å². The third-order valence-electron chi connectivity index (χ3n) is 3.14. The minimum atomic E-state index is -0.386. The fourth-order valence-corrected chi connectivity index (χ4v) is 2.17. The quantitative estimate of drug-likeness (QED) is 0.620. The van der Waals surface area contributed by atoms with Crippen LogP contribution in [0.1, 0.15) is 12.0 Å². The Bertz CT molecular complexity index is 700. The van der Waals surface area contributed by atoms with Crippen molar-refractivity contribution in [3.8, 4) is 12.3 Å². The summed E-state index contributed by atoms with van der Waals surface area (Å²) in [5.41, 5.74) is 1.85. The van der Waals surface area contributed by atoms with Crippen molar-refractivity contribution < 1.29 is 8.81 Å². The Morgan fingerprint density at radius 2 is 2.20 bits per heavy atom. The van der Waals surface area contributed by atoms with Crippen molar-refractivity contribution in [2.24, 2.45) is 0 Å². The Morgan fingerprint density at radius 1 is 1.40 bits per heavy atom.